The third-order valence-electron chi connectivity index (χ3n) is 5.47. The maximum absolute atomic E-state index is 12.7. The van der Waals surface area contributed by atoms with Crippen molar-refractivity contribution in [3.8, 4) is 0 Å². The van der Waals surface area contributed by atoms with Crippen LogP contribution in [-0.2, 0) is 27.4 Å². The van der Waals surface area contributed by atoms with Crippen molar-refractivity contribution in [1.29, 1.82) is 0 Å². The highest BCUT2D eigenvalue weighted by Crippen LogP contribution is 2.24. The molecule has 0 saturated heterocycles. The standard InChI is InChI=1S/C23H20N4O7/c1-3-26-22(32)15-6-4-5-7-17(15)27(23(26)33)11-19(29)34-12-18(28)24-13-8-9-14-16(10-13)21(31)25(2)20(14)30/h4-10H,3,11-12H2,1-2H3,(H,24,28). The number of carbonyl (C=O) groups is 4. The van der Waals surface area contributed by atoms with Crippen LogP contribution >= 0.6 is 0 Å². The molecule has 2 heterocycles. The van der Waals surface area contributed by atoms with Crippen LogP contribution in [0.2, 0.25) is 0 Å². The van der Waals surface area contributed by atoms with Gasteiger partial charge >= 0.3 is 11.7 Å². The third kappa shape index (κ3) is 3.87. The van der Waals surface area contributed by atoms with E-state index in [0.29, 0.717) is 0 Å². The first-order chi connectivity index (χ1) is 16.2. The van der Waals surface area contributed by atoms with Gasteiger partial charge in [0.1, 0.15) is 6.54 Å². The summed E-state index contributed by atoms with van der Waals surface area (Å²) in [6.45, 7) is 0.646. The number of hydrogen-bond donors (Lipinski definition) is 1. The number of aromatic nitrogens is 2. The van der Waals surface area contributed by atoms with Crippen molar-refractivity contribution in [2.75, 3.05) is 19.0 Å². The van der Waals surface area contributed by atoms with Gasteiger partial charge in [-0.25, -0.2) is 4.79 Å². The van der Waals surface area contributed by atoms with Crippen LogP contribution in [0.15, 0.2) is 52.1 Å². The van der Waals surface area contributed by atoms with Crippen molar-refractivity contribution < 1.29 is 23.9 Å². The summed E-state index contributed by atoms with van der Waals surface area (Å²) >= 11 is 0. The van der Waals surface area contributed by atoms with E-state index in [4.69, 9.17) is 4.74 Å². The topological polar surface area (TPSA) is 137 Å². The number of rotatable bonds is 6. The number of carbonyl (C=O) groups excluding carboxylic acids is 4. The number of benzene rings is 2. The fraction of sp³-hybridized carbons (Fsp3) is 0.217. The van der Waals surface area contributed by atoms with Crippen LogP contribution in [0, 0.1) is 0 Å². The molecule has 0 unspecified atom stereocenters. The summed E-state index contributed by atoms with van der Waals surface area (Å²) in [6.07, 6.45) is 0. The van der Waals surface area contributed by atoms with Crippen molar-refractivity contribution in [2.45, 2.75) is 20.0 Å². The molecule has 0 spiro atoms. The zero-order chi connectivity index (χ0) is 24.6. The summed E-state index contributed by atoms with van der Waals surface area (Å²) in [5.41, 5.74) is -0.162. The Bertz CT molecular complexity index is 1480. The van der Waals surface area contributed by atoms with Gasteiger partial charge in [0.05, 0.1) is 22.0 Å². The molecule has 0 fully saturated rings. The average Bonchev–Trinajstić information content (AvgIpc) is 3.04. The number of imide groups is 1. The maximum Gasteiger partial charge on any atom is 0.332 e. The largest absolute Gasteiger partial charge is 0.454 e. The highest BCUT2D eigenvalue weighted by Gasteiger charge is 2.32. The van der Waals surface area contributed by atoms with Gasteiger partial charge in [0, 0.05) is 19.3 Å². The smallest absolute Gasteiger partial charge is 0.332 e. The minimum atomic E-state index is -0.847. The molecule has 0 radical (unpaired) electrons. The number of hydrogen-bond acceptors (Lipinski definition) is 7. The van der Waals surface area contributed by atoms with Crippen LogP contribution in [0.5, 0.6) is 0 Å². The predicted octanol–water partition coefficient (Wildman–Crippen LogP) is 0.591. The van der Waals surface area contributed by atoms with E-state index in [9.17, 15) is 28.8 Å². The van der Waals surface area contributed by atoms with Crippen LogP contribution in [0.1, 0.15) is 27.6 Å². The molecule has 0 atom stereocenters. The lowest BCUT2D eigenvalue weighted by molar-refractivity contribution is -0.147. The molecule has 3 amide bonds. The quantitative estimate of drug-likeness (QED) is 0.416. The molecule has 4 rings (SSSR count). The number of ether oxygens (including phenoxy) is 1. The second-order valence-corrected chi connectivity index (χ2v) is 7.57. The normalized spacial score (nSPS) is 12.7. The fourth-order valence-electron chi connectivity index (χ4n) is 3.76. The maximum atomic E-state index is 12.7. The number of nitrogens with one attached hydrogen (secondary N) is 1. The van der Waals surface area contributed by atoms with Gasteiger partial charge in [-0.2, -0.15) is 0 Å². The summed E-state index contributed by atoms with van der Waals surface area (Å²) in [7, 11) is 1.36. The van der Waals surface area contributed by atoms with E-state index in [-0.39, 0.29) is 34.3 Å². The Balaban J connectivity index is 1.45. The Morgan fingerprint density at radius 2 is 1.65 bits per heavy atom. The number of para-hydroxylation sites is 1. The van der Waals surface area contributed by atoms with Gasteiger partial charge in [-0.15, -0.1) is 0 Å². The molecule has 1 aliphatic rings. The molecular formula is C23H20N4O7. The molecule has 3 aromatic rings. The Kier molecular flexibility index (Phi) is 5.84. The van der Waals surface area contributed by atoms with Crippen molar-refractivity contribution in [3.05, 3.63) is 74.4 Å². The Hall–Kier alpha value is -4.54. The Morgan fingerprint density at radius 1 is 0.941 bits per heavy atom. The molecule has 34 heavy (non-hydrogen) atoms. The number of nitrogens with zero attached hydrogens (tertiary/aromatic N) is 3. The van der Waals surface area contributed by atoms with Crippen LogP contribution in [0.25, 0.3) is 10.9 Å². The zero-order valence-electron chi connectivity index (χ0n) is 18.4. The van der Waals surface area contributed by atoms with E-state index >= 15 is 0 Å². The molecule has 1 N–H and O–H groups in total. The van der Waals surface area contributed by atoms with Crippen LogP contribution in [0.3, 0.4) is 0 Å². The summed E-state index contributed by atoms with van der Waals surface area (Å²) in [5.74, 6) is -2.42. The van der Waals surface area contributed by atoms with Gasteiger partial charge in [0.25, 0.3) is 23.3 Å². The first-order valence-corrected chi connectivity index (χ1v) is 10.4. The van der Waals surface area contributed by atoms with E-state index < -0.39 is 48.1 Å². The van der Waals surface area contributed by atoms with Gasteiger partial charge in [-0.1, -0.05) is 12.1 Å². The molecular weight excluding hydrogens is 444 g/mol. The van der Waals surface area contributed by atoms with Gasteiger partial charge in [-0.3, -0.25) is 38.0 Å². The summed E-state index contributed by atoms with van der Waals surface area (Å²) in [4.78, 5) is 74.8. The number of amides is 3. The number of esters is 1. The van der Waals surface area contributed by atoms with Gasteiger partial charge in [0.15, 0.2) is 6.61 Å². The summed E-state index contributed by atoms with van der Waals surface area (Å²) in [6, 6.07) is 10.7. The zero-order valence-corrected chi connectivity index (χ0v) is 18.4. The van der Waals surface area contributed by atoms with Gasteiger partial charge in [-0.05, 0) is 37.3 Å². The molecule has 1 aliphatic heterocycles. The van der Waals surface area contributed by atoms with Crippen molar-refractivity contribution in [2.24, 2.45) is 0 Å². The van der Waals surface area contributed by atoms with Crippen molar-refractivity contribution in [1.82, 2.24) is 14.0 Å². The lowest BCUT2D eigenvalue weighted by Crippen LogP contribution is -2.41. The lowest BCUT2D eigenvalue weighted by Gasteiger charge is -2.13. The highest BCUT2D eigenvalue weighted by molar-refractivity contribution is 6.21. The fourth-order valence-corrected chi connectivity index (χ4v) is 3.76. The highest BCUT2D eigenvalue weighted by atomic mass is 16.5. The minimum Gasteiger partial charge on any atom is -0.454 e. The van der Waals surface area contributed by atoms with Crippen molar-refractivity contribution >= 4 is 40.3 Å². The molecule has 1 aromatic heterocycles. The molecule has 2 aromatic carbocycles. The van der Waals surface area contributed by atoms with Crippen LogP contribution < -0.4 is 16.6 Å². The lowest BCUT2D eigenvalue weighted by atomic mass is 10.1. The summed E-state index contributed by atoms with van der Waals surface area (Å²) < 4.78 is 7.15. The van der Waals surface area contributed by atoms with Gasteiger partial charge in [0.2, 0.25) is 0 Å². The molecule has 0 saturated carbocycles. The second-order valence-electron chi connectivity index (χ2n) is 7.57. The van der Waals surface area contributed by atoms with E-state index in [1.807, 2.05) is 0 Å². The van der Waals surface area contributed by atoms with Crippen LogP contribution in [-0.4, -0.2) is 51.4 Å². The Morgan fingerprint density at radius 3 is 2.38 bits per heavy atom. The van der Waals surface area contributed by atoms with Crippen molar-refractivity contribution in [3.63, 3.8) is 0 Å². The van der Waals surface area contributed by atoms with E-state index in [2.05, 4.69) is 5.32 Å². The molecule has 174 valence electrons. The third-order valence-corrected chi connectivity index (χ3v) is 5.47. The van der Waals surface area contributed by atoms with E-state index in [1.165, 1.54) is 25.2 Å². The first kappa shape index (κ1) is 22.6. The molecule has 11 heteroatoms. The van der Waals surface area contributed by atoms with E-state index in [1.54, 1.807) is 31.2 Å². The molecule has 0 aliphatic carbocycles. The van der Waals surface area contributed by atoms with E-state index in [0.717, 1.165) is 14.0 Å². The molecule has 0 bridgehead atoms. The SMILES string of the molecule is CCn1c(=O)c2ccccc2n(CC(=O)OCC(=O)Nc2ccc3c(c2)C(=O)N(C)C3=O)c1=O. The Labute approximate surface area is 192 Å². The number of fused-ring (bicyclic) bond motifs is 2. The summed E-state index contributed by atoms with van der Waals surface area (Å²) in [5, 5.41) is 2.78. The monoisotopic (exact) mass is 464 g/mol. The minimum absolute atomic E-state index is 0.130. The number of anilines is 1. The first-order valence-electron chi connectivity index (χ1n) is 10.4. The second kappa shape index (κ2) is 8.77. The van der Waals surface area contributed by atoms with Gasteiger partial charge < -0.3 is 10.1 Å². The van der Waals surface area contributed by atoms with Crippen LogP contribution in [0.4, 0.5) is 5.69 Å². The average molecular weight is 464 g/mol. The molecule has 11 nitrogen and oxygen atoms in total. The predicted molar refractivity (Wildman–Crippen MR) is 121 cm³/mol.